The number of rotatable bonds is 6. The van der Waals surface area contributed by atoms with Crippen molar-refractivity contribution in [1.29, 1.82) is 0 Å². The molecule has 3 rings (SSSR count). The first-order chi connectivity index (χ1) is 14.6. The monoisotopic (exact) mass is 471 g/mol. The van der Waals surface area contributed by atoms with Gasteiger partial charge in [0.1, 0.15) is 5.82 Å². The number of amides is 1. The Kier molecular flexibility index (Phi) is 7.06. The van der Waals surface area contributed by atoms with E-state index in [2.05, 4.69) is 4.84 Å². The summed E-state index contributed by atoms with van der Waals surface area (Å²) in [5.74, 6) is -0.854. The van der Waals surface area contributed by atoms with E-state index < -0.39 is 25.9 Å². The molecule has 1 saturated heterocycles. The van der Waals surface area contributed by atoms with Crippen LogP contribution in [0.1, 0.15) is 16.8 Å². The van der Waals surface area contributed by atoms with Gasteiger partial charge in [-0.2, -0.15) is 4.31 Å². The molecule has 0 aliphatic carbocycles. The van der Waals surface area contributed by atoms with Crippen molar-refractivity contribution in [1.82, 2.24) is 14.1 Å². The van der Waals surface area contributed by atoms with Crippen LogP contribution >= 0.6 is 0 Å². The molecule has 168 valence electrons. The zero-order valence-corrected chi connectivity index (χ0v) is 18.3. The highest BCUT2D eigenvalue weighted by molar-refractivity contribution is 7.89. The van der Waals surface area contributed by atoms with Crippen LogP contribution in [0.2, 0.25) is 0 Å². The summed E-state index contributed by atoms with van der Waals surface area (Å²) >= 11 is 0. The van der Waals surface area contributed by atoms with Gasteiger partial charge in [-0.1, -0.05) is 4.89 Å². The van der Waals surface area contributed by atoms with Crippen molar-refractivity contribution in [3.05, 3.63) is 59.9 Å². The molecule has 0 atom stereocenters. The van der Waals surface area contributed by atoms with E-state index in [1.807, 2.05) is 4.89 Å². The number of nitrogens with zero attached hydrogens (tertiary/aromatic N) is 2. The number of nitrogens with one attached hydrogen (secondary N) is 1. The minimum absolute atomic E-state index is 0.00450. The lowest BCUT2D eigenvalue weighted by atomic mass is 10.2. The van der Waals surface area contributed by atoms with E-state index in [1.165, 1.54) is 52.7 Å². The highest BCUT2D eigenvalue weighted by Crippen LogP contribution is 2.19. The largest absolute Gasteiger partial charge is 0.337 e. The molecule has 1 fully saturated rings. The summed E-state index contributed by atoms with van der Waals surface area (Å²) in [6, 6.07) is 9.97. The number of hydrogen-bond donors (Lipinski definition) is 1. The van der Waals surface area contributed by atoms with Gasteiger partial charge in [0, 0.05) is 31.7 Å². The molecule has 1 amide bonds. The van der Waals surface area contributed by atoms with Crippen LogP contribution in [0, 0.1) is 5.82 Å². The number of carbonyl (C=O) groups excluding carboxylic acids is 1. The minimum atomic E-state index is -3.83. The molecule has 12 heteroatoms. The molecule has 31 heavy (non-hydrogen) atoms. The zero-order valence-electron chi connectivity index (χ0n) is 16.7. The third kappa shape index (κ3) is 5.28. The molecule has 0 spiro atoms. The fraction of sp³-hybridized carbons (Fsp3) is 0.316. The number of sulfonamides is 2. The lowest BCUT2D eigenvalue weighted by molar-refractivity contribution is 0.0764. The van der Waals surface area contributed by atoms with E-state index in [1.54, 1.807) is 0 Å². The molecule has 2 aromatic rings. The second-order valence-corrected chi connectivity index (χ2v) is 10.4. The smallest absolute Gasteiger partial charge is 0.262 e. The highest BCUT2D eigenvalue weighted by Gasteiger charge is 2.28. The molecule has 1 N–H and O–H groups in total. The summed E-state index contributed by atoms with van der Waals surface area (Å²) < 4.78 is 63.8. The third-order valence-electron chi connectivity index (χ3n) is 4.80. The summed E-state index contributed by atoms with van der Waals surface area (Å²) in [6.07, 6.45) is 0.427. The van der Waals surface area contributed by atoms with E-state index >= 15 is 0 Å². The Labute approximate surface area is 180 Å². The molecule has 2 aromatic carbocycles. The average Bonchev–Trinajstić information content (AvgIpc) is 3.00. The van der Waals surface area contributed by atoms with Gasteiger partial charge in [0.25, 0.3) is 15.9 Å². The van der Waals surface area contributed by atoms with Crippen LogP contribution in [0.25, 0.3) is 0 Å². The molecule has 0 saturated carbocycles. The predicted octanol–water partition coefficient (Wildman–Crippen LogP) is 1.20. The number of benzene rings is 2. The SMILES string of the molecule is CONS(=O)(=O)c1ccc(C(=O)N2CCCN(S(=O)(=O)c3ccc(F)cc3)CC2)cc1. The first-order valence-corrected chi connectivity index (χ1v) is 12.3. The Balaban J connectivity index is 1.70. The lowest BCUT2D eigenvalue weighted by Crippen LogP contribution is -2.37. The van der Waals surface area contributed by atoms with Gasteiger partial charge >= 0.3 is 0 Å². The van der Waals surface area contributed by atoms with Crippen LogP contribution in [0.5, 0.6) is 0 Å². The normalized spacial score (nSPS) is 16.1. The predicted molar refractivity (Wildman–Crippen MR) is 109 cm³/mol. The molecule has 9 nitrogen and oxygen atoms in total. The van der Waals surface area contributed by atoms with Gasteiger partial charge in [0.15, 0.2) is 0 Å². The molecule has 0 unspecified atom stereocenters. The van der Waals surface area contributed by atoms with Gasteiger partial charge in [-0.25, -0.2) is 21.2 Å². The second kappa shape index (κ2) is 9.40. The van der Waals surface area contributed by atoms with Gasteiger partial charge in [-0.15, -0.1) is 0 Å². The fourth-order valence-corrected chi connectivity index (χ4v) is 5.49. The summed E-state index contributed by atoms with van der Waals surface area (Å²) in [7, 11) is -6.46. The van der Waals surface area contributed by atoms with Gasteiger partial charge in [0.05, 0.1) is 16.9 Å². The van der Waals surface area contributed by atoms with Crippen molar-refractivity contribution in [2.45, 2.75) is 16.2 Å². The van der Waals surface area contributed by atoms with Crippen LogP contribution in [0.3, 0.4) is 0 Å². The van der Waals surface area contributed by atoms with Gasteiger partial charge < -0.3 is 4.90 Å². The van der Waals surface area contributed by atoms with E-state index in [0.29, 0.717) is 13.0 Å². The van der Waals surface area contributed by atoms with Gasteiger partial charge in [-0.05, 0) is 55.0 Å². The molecular weight excluding hydrogens is 449 g/mol. The van der Waals surface area contributed by atoms with Crippen molar-refractivity contribution >= 4 is 26.0 Å². The van der Waals surface area contributed by atoms with Gasteiger partial charge in [-0.3, -0.25) is 9.63 Å². The zero-order chi connectivity index (χ0) is 22.6. The van der Waals surface area contributed by atoms with E-state index in [4.69, 9.17) is 0 Å². The Morgan fingerprint density at radius 3 is 2.13 bits per heavy atom. The summed E-state index contributed by atoms with van der Waals surface area (Å²) in [5, 5.41) is 0. The van der Waals surface area contributed by atoms with Crippen LogP contribution in [0.15, 0.2) is 58.3 Å². The Hall–Kier alpha value is -2.38. The molecule has 1 aliphatic rings. The van der Waals surface area contributed by atoms with Crippen molar-refractivity contribution in [2.24, 2.45) is 0 Å². The Morgan fingerprint density at radius 2 is 1.52 bits per heavy atom. The standard InChI is InChI=1S/C19H22FN3O6S2/c1-29-21-30(25,26)17-7-3-15(4-8-17)19(24)22-11-2-12-23(14-13-22)31(27,28)18-9-5-16(20)6-10-18/h3-10,21H,2,11-14H2,1H3. The first kappa shape index (κ1) is 23.3. The molecule has 0 radical (unpaired) electrons. The second-order valence-electron chi connectivity index (χ2n) is 6.82. The first-order valence-electron chi connectivity index (χ1n) is 9.35. The van der Waals surface area contributed by atoms with Crippen LogP contribution in [-0.2, 0) is 24.9 Å². The topological polar surface area (TPSA) is 113 Å². The van der Waals surface area contributed by atoms with Crippen molar-refractivity contribution in [3.63, 3.8) is 0 Å². The number of carbonyl (C=O) groups is 1. The quantitative estimate of drug-likeness (QED) is 0.634. The van der Waals surface area contributed by atoms with Crippen molar-refractivity contribution in [2.75, 3.05) is 33.3 Å². The Morgan fingerprint density at radius 1 is 0.903 bits per heavy atom. The molecule has 0 aromatic heterocycles. The van der Waals surface area contributed by atoms with Crippen LogP contribution in [-0.4, -0.2) is 65.2 Å². The Bertz CT molecular complexity index is 1140. The molecule has 1 aliphatic heterocycles. The van der Waals surface area contributed by atoms with Gasteiger partial charge in [0.2, 0.25) is 10.0 Å². The van der Waals surface area contributed by atoms with E-state index in [0.717, 1.165) is 12.1 Å². The van der Waals surface area contributed by atoms with E-state index in [-0.39, 0.29) is 40.9 Å². The minimum Gasteiger partial charge on any atom is -0.337 e. The summed E-state index contributed by atoms with van der Waals surface area (Å²) in [4.78, 5) is 20.6. The molecular formula is C19H22FN3O6S2. The van der Waals surface area contributed by atoms with Crippen LogP contribution in [0.4, 0.5) is 4.39 Å². The molecule has 1 heterocycles. The maximum absolute atomic E-state index is 13.1. The summed E-state index contributed by atoms with van der Waals surface area (Å²) in [5.41, 5.74) is 0.284. The maximum atomic E-state index is 13.1. The lowest BCUT2D eigenvalue weighted by Gasteiger charge is -2.22. The third-order valence-corrected chi connectivity index (χ3v) is 7.99. The van der Waals surface area contributed by atoms with E-state index in [9.17, 15) is 26.0 Å². The highest BCUT2D eigenvalue weighted by atomic mass is 32.2. The summed E-state index contributed by atoms with van der Waals surface area (Å²) in [6.45, 7) is 0.836. The van der Waals surface area contributed by atoms with Crippen LogP contribution < -0.4 is 4.89 Å². The number of hydrogen-bond acceptors (Lipinski definition) is 6. The average molecular weight is 472 g/mol. The maximum Gasteiger partial charge on any atom is 0.262 e. The number of halogens is 1. The fourth-order valence-electron chi connectivity index (χ4n) is 3.21. The van der Waals surface area contributed by atoms with Crippen molar-refractivity contribution < 1.29 is 30.9 Å². The molecule has 0 bridgehead atoms. The van der Waals surface area contributed by atoms with Crippen molar-refractivity contribution in [3.8, 4) is 0 Å².